The molecule has 9 heteroatoms. The number of anilines is 4. The van der Waals surface area contributed by atoms with Crippen molar-refractivity contribution in [3.8, 4) is 0 Å². The van der Waals surface area contributed by atoms with Crippen LogP contribution in [0.4, 0.5) is 23.0 Å². The first-order valence-electron chi connectivity index (χ1n) is 8.60. The molecule has 0 bridgehead atoms. The molecule has 1 aromatic heterocycles. The Morgan fingerprint density at radius 2 is 1.58 bits per heavy atom. The summed E-state index contributed by atoms with van der Waals surface area (Å²) in [6, 6.07) is 11.5. The molecule has 0 atom stereocenters. The molecule has 1 aliphatic heterocycles. The molecule has 3 rings (SSSR count). The number of rotatable bonds is 6. The minimum Gasteiger partial charge on any atom is -0.369 e. The summed E-state index contributed by atoms with van der Waals surface area (Å²) in [6.07, 6.45) is 0. The lowest BCUT2D eigenvalue weighted by Crippen LogP contribution is -2.44. The van der Waals surface area contributed by atoms with Crippen molar-refractivity contribution >= 4 is 33.0 Å². The lowest BCUT2D eigenvalue weighted by atomic mass is 10.2. The molecule has 1 aromatic carbocycles. The highest BCUT2D eigenvalue weighted by Crippen LogP contribution is 2.21. The normalized spacial score (nSPS) is 15.7. The second-order valence-corrected chi connectivity index (χ2v) is 8.28. The van der Waals surface area contributed by atoms with Crippen molar-refractivity contribution in [2.24, 2.45) is 0 Å². The van der Waals surface area contributed by atoms with Crippen LogP contribution in [0, 0.1) is 0 Å². The highest BCUT2D eigenvalue weighted by atomic mass is 32.2. The molecule has 0 saturated carbocycles. The average molecular weight is 376 g/mol. The Bertz CT molecular complexity index is 815. The lowest BCUT2D eigenvalue weighted by Gasteiger charge is -2.34. The highest BCUT2D eigenvalue weighted by Gasteiger charge is 2.14. The number of benzene rings is 1. The summed E-state index contributed by atoms with van der Waals surface area (Å²) in [6.45, 7) is 5.78. The van der Waals surface area contributed by atoms with Gasteiger partial charge in [-0.05, 0) is 50.4 Å². The van der Waals surface area contributed by atoms with Crippen LogP contribution in [0.3, 0.4) is 0 Å². The Balaban J connectivity index is 1.60. The zero-order valence-corrected chi connectivity index (χ0v) is 15.8. The molecule has 2 aromatic rings. The molecule has 0 unspecified atom stereocenters. The van der Waals surface area contributed by atoms with Gasteiger partial charge in [-0.1, -0.05) is 0 Å². The minimum atomic E-state index is -3.34. The van der Waals surface area contributed by atoms with Gasteiger partial charge in [0.25, 0.3) is 0 Å². The summed E-state index contributed by atoms with van der Waals surface area (Å²) >= 11 is 0. The number of piperazine rings is 1. The van der Waals surface area contributed by atoms with Gasteiger partial charge in [-0.25, -0.2) is 8.42 Å². The summed E-state index contributed by atoms with van der Waals surface area (Å²) in [5, 5.41) is 11.1. The van der Waals surface area contributed by atoms with Crippen molar-refractivity contribution in [1.29, 1.82) is 0 Å². The van der Waals surface area contributed by atoms with Crippen LogP contribution in [0.25, 0.3) is 0 Å². The first-order valence-corrected chi connectivity index (χ1v) is 10.3. The first-order chi connectivity index (χ1) is 12.4. The van der Waals surface area contributed by atoms with Crippen LogP contribution in [-0.2, 0) is 10.0 Å². The summed E-state index contributed by atoms with van der Waals surface area (Å²) in [5.74, 6) is 0.758. The third-order valence-corrected chi connectivity index (χ3v) is 5.59. The third kappa shape index (κ3) is 4.83. The number of nitrogens with one attached hydrogen (secondary N) is 2. The van der Waals surface area contributed by atoms with E-state index in [-0.39, 0.29) is 11.6 Å². The van der Waals surface area contributed by atoms with E-state index < -0.39 is 10.0 Å². The molecule has 2 N–H and O–H groups in total. The van der Waals surface area contributed by atoms with Gasteiger partial charge in [-0.2, -0.15) is 0 Å². The van der Waals surface area contributed by atoms with Crippen LogP contribution in [0.5, 0.6) is 0 Å². The van der Waals surface area contributed by atoms with Gasteiger partial charge in [0, 0.05) is 37.6 Å². The van der Waals surface area contributed by atoms with E-state index in [1.54, 1.807) is 19.1 Å². The maximum Gasteiger partial charge on any atom is 0.233 e. The number of hydrogen-bond donors (Lipinski definition) is 2. The minimum absolute atomic E-state index is 0.00562. The van der Waals surface area contributed by atoms with E-state index in [0.717, 1.165) is 31.9 Å². The SMILES string of the molecule is CCS(=O)(=O)Nc1ccc(Nc2ccc(N3CCN(C)CC3)cc2)nn1. The summed E-state index contributed by atoms with van der Waals surface area (Å²) in [5.41, 5.74) is 2.11. The van der Waals surface area contributed by atoms with Crippen LogP contribution >= 0.6 is 0 Å². The molecule has 26 heavy (non-hydrogen) atoms. The van der Waals surface area contributed by atoms with Gasteiger partial charge >= 0.3 is 0 Å². The number of hydrogen-bond acceptors (Lipinski definition) is 7. The average Bonchev–Trinajstić information content (AvgIpc) is 2.65. The maximum absolute atomic E-state index is 11.5. The van der Waals surface area contributed by atoms with E-state index >= 15 is 0 Å². The maximum atomic E-state index is 11.5. The number of likely N-dealkylation sites (N-methyl/N-ethyl adjacent to an activating group) is 1. The van der Waals surface area contributed by atoms with E-state index in [9.17, 15) is 8.42 Å². The molecule has 1 fully saturated rings. The fourth-order valence-corrected chi connectivity index (χ4v) is 3.22. The van der Waals surface area contributed by atoms with Gasteiger partial charge in [-0.15, -0.1) is 10.2 Å². The van der Waals surface area contributed by atoms with Crippen LogP contribution in [-0.4, -0.2) is 62.5 Å². The van der Waals surface area contributed by atoms with Crippen molar-refractivity contribution in [3.63, 3.8) is 0 Å². The topological polar surface area (TPSA) is 90.5 Å². The lowest BCUT2D eigenvalue weighted by molar-refractivity contribution is 0.313. The molecule has 0 radical (unpaired) electrons. The highest BCUT2D eigenvalue weighted by molar-refractivity contribution is 7.92. The number of nitrogens with zero attached hydrogens (tertiary/aromatic N) is 4. The monoisotopic (exact) mass is 376 g/mol. The quantitative estimate of drug-likeness (QED) is 0.793. The molecule has 0 aliphatic carbocycles. The second-order valence-electron chi connectivity index (χ2n) is 6.27. The van der Waals surface area contributed by atoms with Crippen molar-refractivity contribution in [3.05, 3.63) is 36.4 Å². The van der Waals surface area contributed by atoms with E-state index in [0.29, 0.717) is 5.82 Å². The van der Waals surface area contributed by atoms with Crippen LogP contribution in [0.2, 0.25) is 0 Å². The Morgan fingerprint density at radius 1 is 0.962 bits per heavy atom. The van der Waals surface area contributed by atoms with Gasteiger partial charge in [0.15, 0.2) is 11.6 Å². The molecule has 140 valence electrons. The smallest absolute Gasteiger partial charge is 0.233 e. The largest absolute Gasteiger partial charge is 0.369 e. The van der Waals surface area contributed by atoms with E-state index in [2.05, 4.69) is 49.2 Å². The Hall–Kier alpha value is -2.39. The van der Waals surface area contributed by atoms with Gasteiger partial charge < -0.3 is 15.1 Å². The molecule has 0 amide bonds. The van der Waals surface area contributed by atoms with Gasteiger partial charge in [0.1, 0.15) is 0 Å². The van der Waals surface area contributed by atoms with E-state index in [1.807, 2.05) is 12.1 Å². The molecule has 1 saturated heterocycles. The van der Waals surface area contributed by atoms with Gasteiger partial charge in [-0.3, -0.25) is 4.72 Å². The zero-order valence-electron chi connectivity index (χ0n) is 15.0. The molecule has 0 spiro atoms. The third-order valence-electron chi connectivity index (χ3n) is 4.31. The van der Waals surface area contributed by atoms with Crippen LogP contribution < -0.4 is 14.9 Å². The predicted octanol–water partition coefficient (Wildman–Crippen LogP) is 1.73. The Morgan fingerprint density at radius 3 is 2.15 bits per heavy atom. The number of sulfonamides is 1. The molecular weight excluding hydrogens is 352 g/mol. The Kier molecular flexibility index (Phi) is 5.58. The van der Waals surface area contributed by atoms with E-state index in [4.69, 9.17) is 0 Å². The fourth-order valence-electron chi connectivity index (χ4n) is 2.65. The van der Waals surface area contributed by atoms with E-state index in [1.165, 1.54) is 5.69 Å². The molecule has 8 nitrogen and oxygen atoms in total. The second kappa shape index (κ2) is 7.88. The summed E-state index contributed by atoms with van der Waals surface area (Å²) < 4.78 is 25.4. The zero-order chi connectivity index (χ0) is 18.6. The number of aromatic nitrogens is 2. The van der Waals surface area contributed by atoms with Crippen molar-refractivity contribution < 1.29 is 8.42 Å². The molecular formula is C17H24N6O2S. The standard InChI is InChI=1S/C17H24N6O2S/c1-3-26(24,25)21-17-9-8-16(19-20-17)18-14-4-6-15(7-5-14)23-12-10-22(2)11-13-23/h4-9H,3,10-13H2,1-2H3,(H,18,19)(H,20,21). The summed E-state index contributed by atoms with van der Waals surface area (Å²) in [7, 11) is -1.20. The van der Waals surface area contributed by atoms with Crippen LogP contribution in [0.1, 0.15) is 6.92 Å². The van der Waals surface area contributed by atoms with Crippen molar-refractivity contribution in [1.82, 2.24) is 15.1 Å². The molecule has 1 aliphatic rings. The fraction of sp³-hybridized carbons (Fsp3) is 0.412. The van der Waals surface area contributed by atoms with Crippen molar-refractivity contribution in [2.45, 2.75) is 6.92 Å². The first kappa shape index (κ1) is 18.4. The van der Waals surface area contributed by atoms with Crippen LogP contribution in [0.15, 0.2) is 36.4 Å². The summed E-state index contributed by atoms with van der Waals surface area (Å²) in [4.78, 5) is 4.70. The van der Waals surface area contributed by atoms with Crippen molar-refractivity contribution in [2.75, 3.05) is 53.9 Å². The van der Waals surface area contributed by atoms with Gasteiger partial charge in [0.2, 0.25) is 10.0 Å². The molecule has 2 heterocycles. The predicted molar refractivity (Wildman–Crippen MR) is 105 cm³/mol. The Labute approximate surface area is 154 Å². The van der Waals surface area contributed by atoms with Gasteiger partial charge in [0.05, 0.1) is 5.75 Å².